The van der Waals surface area contributed by atoms with E-state index < -0.39 is 60.2 Å². The number of carbonyl (C=O) groups is 5. The lowest BCUT2D eigenvalue weighted by atomic mass is 10.0. The first-order chi connectivity index (χ1) is 17.1. The summed E-state index contributed by atoms with van der Waals surface area (Å²) in [6.07, 6.45) is 2.09. The summed E-state index contributed by atoms with van der Waals surface area (Å²) in [6.45, 7) is 1.40. The van der Waals surface area contributed by atoms with Gasteiger partial charge in [0, 0.05) is 31.2 Å². The number of hydrogen-bond donors (Lipinski definition) is 7. The van der Waals surface area contributed by atoms with E-state index in [0.29, 0.717) is 11.3 Å². The van der Waals surface area contributed by atoms with Crippen molar-refractivity contribution in [2.45, 2.75) is 56.8 Å². The first kappa shape index (κ1) is 28.0. The third kappa shape index (κ3) is 9.18. The van der Waals surface area contributed by atoms with Crippen molar-refractivity contribution < 1.29 is 34.2 Å². The third-order valence-electron chi connectivity index (χ3n) is 5.20. The fraction of sp³-hybridized carbons (Fsp3) is 0.391. The summed E-state index contributed by atoms with van der Waals surface area (Å²) < 4.78 is 0. The summed E-state index contributed by atoms with van der Waals surface area (Å²) >= 11 is 0. The smallest absolute Gasteiger partial charge is 0.326 e. The number of benzene rings is 1. The molecule has 1 aromatic carbocycles. The van der Waals surface area contributed by atoms with Crippen molar-refractivity contribution in [3.8, 4) is 0 Å². The number of nitrogens with one attached hydrogen (secondary N) is 4. The van der Waals surface area contributed by atoms with Gasteiger partial charge in [-0.05, 0) is 18.9 Å². The number of aromatic nitrogens is 2. The van der Waals surface area contributed by atoms with Crippen molar-refractivity contribution in [3.63, 3.8) is 0 Å². The van der Waals surface area contributed by atoms with E-state index in [1.165, 1.54) is 19.4 Å². The molecule has 1 heterocycles. The number of imidazole rings is 1. The van der Waals surface area contributed by atoms with Crippen LogP contribution >= 0.6 is 0 Å². The van der Waals surface area contributed by atoms with Gasteiger partial charge in [-0.1, -0.05) is 30.3 Å². The number of carboxylic acid groups (broad SMARTS) is 2. The molecule has 0 spiro atoms. The average molecular weight is 503 g/mol. The summed E-state index contributed by atoms with van der Waals surface area (Å²) in [5, 5.41) is 25.9. The van der Waals surface area contributed by atoms with E-state index in [9.17, 15) is 29.1 Å². The van der Waals surface area contributed by atoms with Gasteiger partial charge in [0.25, 0.3) is 0 Å². The SMILES string of the molecule is CC(N)C(=O)NC(CCC(=O)O)C(=O)NC(Cc1ccccc1)C(=O)NC(Cc1cnc[nH]1)C(=O)O. The van der Waals surface area contributed by atoms with Crippen LogP contribution in [0.25, 0.3) is 0 Å². The summed E-state index contributed by atoms with van der Waals surface area (Å²) in [6, 6.07) is 3.95. The molecule has 4 atom stereocenters. The Morgan fingerprint density at radius 3 is 2.08 bits per heavy atom. The maximum atomic E-state index is 13.1. The quantitative estimate of drug-likeness (QED) is 0.167. The van der Waals surface area contributed by atoms with Crippen LogP contribution in [0, 0.1) is 0 Å². The Morgan fingerprint density at radius 1 is 0.917 bits per heavy atom. The van der Waals surface area contributed by atoms with Gasteiger partial charge >= 0.3 is 11.9 Å². The Hall–Kier alpha value is -4.26. The Morgan fingerprint density at radius 2 is 1.53 bits per heavy atom. The highest BCUT2D eigenvalue weighted by Crippen LogP contribution is 2.07. The highest BCUT2D eigenvalue weighted by Gasteiger charge is 2.30. The molecule has 13 nitrogen and oxygen atoms in total. The molecule has 0 saturated heterocycles. The van der Waals surface area contributed by atoms with Gasteiger partial charge in [0.05, 0.1) is 12.4 Å². The van der Waals surface area contributed by atoms with Crippen LogP contribution in [0.5, 0.6) is 0 Å². The van der Waals surface area contributed by atoms with Gasteiger partial charge in [-0.15, -0.1) is 0 Å². The lowest BCUT2D eigenvalue weighted by Crippen LogP contribution is -2.57. The van der Waals surface area contributed by atoms with Crippen LogP contribution in [-0.2, 0) is 36.8 Å². The molecule has 0 aliphatic heterocycles. The van der Waals surface area contributed by atoms with Crippen LogP contribution in [0.3, 0.4) is 0 Å². The lowest BCUT2D eigenvalue weighted by Gasteiger charge is -2.25. The largest absolute Gasteiger partial charge is 0.481 e. The van der Waals surface area contributed by atoms with E-state index in [1.54, 1.807) is 30.3 Å². The number of H-pyrrole nitrogens is 1. The fourth-order valence-corrected chi connectivity index (χ4v) is 3.26. The molecule has 2 rings (SSSR count). The highest BCUT2D eigenvalue weighted by molar-refractivity contribution is 5.94. The Labute approximate surface area is 206 Å². The summed E-state index contributed by atoms with van der Waals surface area (Å²) in [4.78, 5) is 67.6. The molecular formula is C23H30N6O7. The molecule has 3 amide bonds. The second-order valence-corrected chi connectivity index (χ2v) is 8.21. The highest BCUT2D eigenvalue weighted by atomic mass is 16.4. The molecule has 36 heavy (non-hydrogen) atoms. The second kappa shape index (κ2) is 13.6. The molecule has 0 aliphatic carbocycles. The van der Waals surface area contributed by atoms with Crippen LogP contribution in [0.1, 0.15) is 31.0 Å². The van der Waals surface area contributed by atoms with Crippen molar-refractivity contribution in [3.05, 3.63) is 54.1 Å². The van der Waals surface area contributed by atoms with Crippen LogP contribution in [0.15, 0.2) is 42.9 Å². The van der Waals surface area contributed by atoms with Crippen LogP contribution in [0.4, 0.5) is 0 Å². The normalized spacial score (nSPS) is 14.1. The minimum Gasteiger partial charge on any atom is -0.481 e. The van der Waals surface area contributed by atoms with Crippen LogP contribution in [0.2, 0.25) is 0 Å². The first-order valence-corrected chi connectivity index (χ1v) is 11.2. The Balaban J connectivity index is 2.23. The first-order valence-electron chi connectivity index (χ1n) is 11.2. The molecule has 4 unspecified atom stereocenters. The zero-order valence-corrected chi connectivity index (χ0v) is 19.6. The van der Waals surface area contributed by atoms with Gasteiger partial charge in [-0.2, -0.15) is 0 Å². The number of carboxylic acids is 2. The second-order valence-electron chi connectivity index (χ2n) is 8.21. The molecule has 0 saturated carbocycles. The molecule has 0 fully saturated rings. The molecule has 1 aromatic heterocycles. The predicted molar refractivity (Wildman–Crippen MR) is 126 cm³/mol. The van der Waals surface area contributed by atoms with Gasteiger partial charge in [-0.25, -0.2) is 9.78 Å². The molecule has 0 bridgehead atoms. The third-order valence-corrected chi connectivity index (χ3v) is 5.20. The standard InChI is InChI=1S/C23H30N6O7/c1-13(24)20(32)27-16(7-8-19(30)31)21(33)28-17(9-14-5-3-2-4-6-14)22(34)29-18(23(35)36)10-15-11-25-12-26-15/h2-6,11-13,16-18H,7-10,24H2,1H3,(H,25,26)(H,27,32)(H,28,33)(H,29,34)(H,30,31)(H,35,36). The molecule has 2 aromatic rings. The van der Waals surface area contributed by atoms with E-state index in [-0.39, 0.29) is 19.3 Å². The summed E-state index contributed by atoms with van der Waals surface area (Å²) in [7, 11) is 0. The number of aliphatic carboxylic acids is 2. The summed E-state index contributed by atoms with van der Waals surface area (Å²) in [5.74, 6) is -4.71. The minimum absolute atomic E-state index is 0.0156. The molecule has 194 valence electrons. The number of carbonyl (C=O) groups excluding carboxylic acids is 3. The van der Waals surface area contributed by atoms with Gasteiger partial charge in [-0.3, -0.25) is 19.2 Å². The van der Waals surface area contributed by atoms with Crippen molar-refractivity contribution in [2.75, 3.05) is 0 Å². The predicted octanol–water partition coefficient (Wildman–Crippen LogP) is -1.05. The van der Waals surface area contributed by atoms with Gasteiger partial charge in [0.2, 0.25) is 17.7 Å². The number of rotatable bonds is 14. The number of aromatic amines is 1. The van der Waals surface area contributed by atoms with Crippen molar-refractivity contribution in [1.29, 1.82) is 0 Å². The maximum Gasteiger partial charge on any atom is 0.326 e. The van der Waals surface area contributed by atoms with E-state index >= 15 is 0 Å². The molecular weight excluding hydrogens is 472 g/mol. The zero-order chi connectivity index (χ0) is 26.7. The Kier molecular flexibility index (Phi) is 10.6. The fourth-order valence-electron chi connectivity index (χ4n) is 3.26. The van der Waals surface area contributed by atoms with E-state index in [0.717, 1.165) is 0 Å². The maximum absolute atomic E-state index is 13.1. The number of nitrogens with zero attached hydrogens (tertiary/aromatic N) is 1. The monoisotopic (exact) mass is 502 g/mol. The van der Waals surface area contributed by atoms with Crippen molar-refractivity contribution in [2.24, 2.45) is 5.73 Å². The van der Waals surface area contributed by atoms with E-state index in [4.69, 9.17) is 10.8 Å². The van der Waals surface area contributed by atoms with E-state index in [1.807, 2.05) is 0 Å². The summed E-state index contributed by atoms with van der Waals surface area (Å²) in [5.41, 5.74) is 6.71. The zero-order valence-electron chi connectivity index (χ0n) is 19.6. The minimum atomic E-state index is -1.31. The van der Waals surface area contributed by atoms with Crippen LogP contribution < -0.4 is 21.7 Å². The van der Waals surface area contributed by atoms with Gasteiger partial charge in [0.15, 0.2) is 0 Å². The number of amides is 3. The number of hydrogen-bond acceptors (Lipinski definition) is 7. The van der Waals surface area contributed by atoms with Crippen LogP contribution in [-0.4, -0.2) is 74.0 Å². The van der Waals surface area contributed by atoms with Gasteiger partial charge < -0.3 is 36.9 Å². The molecule has 13 heteroatoms. The van der Waals surface area contributed by atoms with Crippen molar-refractivity contribution in [1.82, 2.24) is 25.9 Å². The van der Waals surface area contributed by atoms with E-state index in [2.05, 4.69) is 25.9 Å². The Bertz CT molecular complexity index is 1040. The topological polar surface area (TPSA) is 217 Å². The molecule has 0 radical (unpaired) electrons. The van der Waals surface area contributed by atoms with Gasteiger partial charge in [0.1, 0.15) is 18.1 Å². The van der Waals surface area contributed by atoms with Crippen molar-refractivity contribution >= 4 is 29.7 Å². The average Bonchev–Trinajstić information content (AvgIpc) is 3.34. The number of nitrogens with two attached hydrogens (primary N) is 1. The molecule has 0 aliphatic rings. The lowest BCUT2D eigenvalue weighted by molar-refractivity contribution is -0.142. The molecule has 8 N–H and O–H groups in total.